The van der Waals surface area contributed by atoms with E-state index in [1.807, 2.05) is 25.0 Å². The number of thioether (sulfide) groups is 1. The highest BCUT2D eigenvalue weighted by Gasteiger charge is 2.18. The molecule has 0 spiro atoms. The summed E-state index contributed by atoms with van der Waals surface area (Å²) in [5.41, 5.74) is 0. The van der Waals surface area contributed by atoms with Crippen molar-refractivity contribution in [2.24, 2.45) is 0 Å². The van der Waals surface area contributed by atoms with Crippen molar-refractivity contribution in [1.82, 2.24) is 10.2 Å². The van der Waals surface area contributed by atoms with Gasteiger partial charge in [0.05, 0.1) is 4.92 Å². The van der Waals surface area contributed by atoms with E-state index in [1.54, 1.807) is 11.8 Å². The van der Waals surface area contributed by atoms with Gasteiger partial charge in [0.25, 0.3) is 6.20 Å². The highest BCUT2D eigenvalue weighted by molar-refractivity contribution is 7.98. The molecule has 0 bridgehead atoms. The SMILES string of the molecule is CC.CSCCN1CCN/C1=C\[N+](=O)[O-]. The van der Waals surface area contributed by atoms with Crippen LogP contribution in [0.25, 0.3) is 0 Å². The summed E-state index contributed by atoms with van der Waals surface area (Å²) in [7, 11) is 0. The first kappa shape index (κ1) is 14.1. The average Bonchev–Trinajstić information content (AvgIpc) is 2.64. The van der Waals surface area contributed by atoms with E-state index in [2.05, 4.69) is 5.32 Å². The number of nitro groups is 1. The van der Waals surface area contributed by atoms with Crippen LogP contribution in [-0.4, -0.2) is 41.5 Å². The Balaban J connectivity index is 0.000000921. The molecule has 0 unspecified atom stereocenters. The summed E-state index contributed by atoms with van der Waals surface area (Å²) >= 11 is 1.74. The fourth-order valence-electron chi connectivity index (χ4n) is 1.21. The first-order chi connectivity index (χ1) is 7.24. The topological polar surface area (TPSA) is 58.4 Å². The van der Waals surface area contributed by atoms with E-state index in [0.717, 1.165) is 31.6 Å². The van der Waals surface area contributed by atoms with Crippen LogP contribution < -0.4 is 5.32 Å². The molecule has 1 N–H and O–H groups in total. The van der Waals surface area contributed by atoms with Crippen LogP contribution in [0.3, 0.4) is 0 Å². The van der Waals surface area contributed by atoms with Gasteiger partial charge < -0.3 is 10.2 Å². The van der Waals surface area contributed by atoms with E-state index in [4.69, 9.17) is 0 Å². The molecule has 1 saturated heterocycles. The predicted molar refractivity (Wildman–Crippen MR) is 64.4 cm³/mol. The molecule has 1 heterocycles. The number of hydrogen-bond donors (Lipinski definition) is 1. The van der Waals surface area contributed by atoms with Crippen LogP contribution in [0.5, 0.6) is 0 Å². The van der Waals surface area contributed by atoms with Gasteiger partial charge in [-0.2, -0.15) is 11.8 Å². The third kappa shape index (κ3) is 5.51. The molecule has 0 aromatic carbocycles. The van der Waals surface area contributed by atoms with Gasteiger partial charge in [-0.05, 0) is 6.26 Å². The molecular formula is C9H19N3O2S. The van der Waals surface area contributed by atoms with Crippen molar-refractivity contribution in [1.29, 1.82) is 0 Å². The standard InChI is InChI=1S/C7H13N3O2S.C2H6/c1-13-5-4-9-3-2-8-7(9)6-10(11)12;1-2/h6,8H,2-5H2,1H3;1-2H3/b7-6+;. The molecule has 1 aliphatic rings. The lowest BCUT2D eigenvalue weighted by Crippen LogP contribution is -2.23. The molecule has 1 aliphatic heterocycles. The fraction of sp³-hybridized carbons (Fsp3) is 0.778. The Kier molecular flexibility index (Phi) is 7.89. The quantitative estimate of drug-likeness (QED) is 0.587. The molecule has 88 valence electrons. The lowest BCUT2D eigenvalue weighted by Gasteiger charge is -2.15. The molecule has 0 aromatic heterocycles. The molecule has 0 aromatic rings. The Hall–Kier alpha value is -0.910. The molecular weight excluding hydrogens is 214 g/mol. The summed E-state index contributed by atoms with van der Waals surface area (Å²) in [4.78, 5) is 11.8. The lowest BCUT2D eigenvalue weighted by molar-refractivity contribution is -0.404. The Morgan fingerprint density at radius 1 is 1.67 bits per heavy atom. The van der Waals surface area contributed by atoms with Crippen LogP contribution in [0.4, 0.5) is 0 Å². The number of rotatable bonds is 4. The van der Waals surface area contributed by atoms with Gasteiger partial charge in [-0.15, -0.1) is 0 Å². The van der Waals surface area contributed by atoms with E-state index in [9.17, 15) is 10.1 Å². The van der Waals surface area contributed by atoms with Crippen molar-refractivity contribution in [2.75, 3.05) is 31.6 Å². The maximum Gasteiger partial charge on any atom is 0.274 e. The zero-order valence-electron chi connectivity index (χ0n) is 9.52. The minimum absolute atomic E-state index is 0.417. The van der Waals surface area contributed by atoms with Crippen molar-refractivity contribution in [3.05, 3.63) is 22.1 Å². The third-order valence-electron chi connectivity index (χ3n) is 1.82. The second kappa shape index (κ2) is 8.40. The van der Waals surface area contributed by atoms with E-state index < -0.39 is 4.92 Å². The molecule has 15 heavy (non-hydrogen) atoms. The second-order valence-corrected chi connectivity index (χ2v) is 3.69. The zero-order valence-corrected chi connectivity index (χ0v) is 10.3. The highest BCUT2D eigenvalue weighted by Crippen LogP contribution is 2.07. The van der Waals surface area contributed by atoms with Gasteiger partial charge in [0.1, 0.15) is 0 Å². The molecule has 0 saturated carbocycles. The second-order valence-electron chi connectivity index (χ2n) is 2.71. The van der Waals surface area contributed by atoms with Crippen molar-refractivity contribution in [3.8, 4) is 0 Å². The van der Waals surface area contributed by atoms with Crippen LogP contribution in [-0.2, 0) is 0 Å². The van der Waals surface area contributed by atoms with Gasteiger partial charge in [0.15, 0.2) is 5.82 Å². The van der Waals surface area contributed by atoms with Gasteiger partial charge in [-0.1, -0.05) is 13.8 Å². The van der Waals surface area contributed by atoms with Gasteiger partial charge in [-0.3, -0.25) is 10.1 Å². The van der Waals surface area contributed by atoms with Crippen molar-refractivity contribution in [2.45, 2.75) is 13.8 Å². The summed E-state index contributed by atoms with van der Waals surface area (Å²) in [6.07, 6.45) is 3.06. The van der Waals surface area contributed by atoms with Crippen LogP contribution in [0.15, 0.2) is 12.0 Å². The minimum atomic E-state index is -0.417. The Labute approximate surface area is 95.1 Å². The molecule has 0 aliphatic carbocycles. The van der Waals surface area contributed by atoms with Crippen molar-refractivity contribution >= 4 is 11.8 Å². The van der Waals surface area contributed by atoms with Crippen LogP contribution >= 0.6 is 11.8 Å². The summed E-state index contributed by atoms with van der Waals surface area (Å²) in [6, 6.07) is 0. The average molecular weight is 233 g/mol. The molecule has 0 atom stereocenters. The van der Waals surface area contributed by atoms with E-state index in [-0.39, 0.29) is 0 Å². The Morgan fingerprint density at radius 2 is 2.33 bits per heavy atom. The molecule has 6 heteroatoms. The third-order valence-corrected chi connectivity index (χ3v) is 2.41. The minimum Gasteiger partial charge on any atom is -0.365 e. The van der Waals surface area contributed by atoms with Crippen LogP contribution in [0.1, 0.15) is 13.8 Å². The van der Waals surface area contributed by atoms with Gasteiger partial charge in [-0.25, -0.2) is 0 Å². The molecule has 0 radical (unpaired) electrons. The zero-order chi connectivity index (χ0) is 11.7. The van der Waals surface area contributed by atoms with E-state index in [1.165, 1.54) is 0 Å². The van der Waals surface area contributed by atoms with E-state index >= 15 is 0 Å². The molecule has 0 amide bonds. The Morgan fingerprint density at radius 3 is 2.87 bits per heavy atom. The highest BCUT2D eigenvalue weighted by atomic mass is 32.2. The van der Waals surface area contributed by atoms with Crippen molar-refractivity contribution in [3.63, 3.8) is 0 Å². The monoisotopic (exact) mass is 233 g/mol. The van der Waals surface area contributed by atoms with Gasteiger partial charge in [0, 0.05) is 25.4 Å². The number of hydrogen-bond acceptors (Lipinski definition) is 5. The maximum absolute atomic E-state index is 10.2. The summed E-state index contributed by atoms with van der Waals surface area (Å²) < 4.78 is 0. The van der Waals surface area contributed by atoms with Crippen LogP contribution in [0.2, 0.25) is 0 Å². The summed E-state index contributed by atoms with van der Waals surface area (Å²) in [5, 5.41) is 13.2. The van der Waals surface area contributed by atoms with Gasteiger partial charge >= 0.3 is 0 Å². The lowest BCUT2D eigenvalue weighted by atomic mass is 10.5. The molecule has 5 nitrogen and oxygen atoms in total. The number of nitrogens with one attached hydrogen (secondary N) is 1. The maximum atomic E-state index is 10.2. The first-order valence-electron chi connectivity index (χ1n) is 5.07. The molecule has 1 fully saturated rings. The largest absolute Gasteiger partial charge is 0.365 e. The number of nitrogens with zero attached hydrogens (tertiary/aromatic N) is 2. The summed E-state index contributed by atoms with van der Waals surface area (Å²) in [5.74, 6) is 1.63. The Bertz CT molecular complexity index is 221. The van der Waals surface area contributed by atoms with E-state index in [0.29, 0.717) is 5.82 Å². The normalized spacial score (nSPS) is 17.0. The van der Waals surface area contributed by atoms with Gasteiger partial charge in [0.2, 0.25) is 0 Å². The summed E-state index contributed by atoms with van der Waals surface area (Å²) in [6.45, 7) is 6.53. The smallest absolute Gasteiger partial charge is 0.274 e. The molecule has 1 rings (SSSR count). The fourth-order valence-corrected chi connectivity index (χ4v) is 1.62. The predicted octanol–water partition coefficient (Wildman–Crippen LogP) is 1.36. The first-order valence-corrected chi connectivity index (χ1v) is 6.46. The van der Waals surface area contributed by atoms with Crippen LogP contribution in [0, 0.1) is 10.1 Å². The van der Waals surface area contributed by atoms with Crippen molar-refractivity contribution < 1.29 is 4.92 Å².